The van der Waals surface area contributed by atoms with Gasteiger partial charge in [-0.2, -0.15) is 0 Å². The quantitative estimate of drug-likeness (QED) is 0.911. The number of hydrogen-bond donors (Lipinski definition) is 1. The fourth-order valence-electron chi connectivity index (χ4n) is 3.83. The zero-order valence-electron chi connectivity index (χ0n) is 13.9. The molecule has 6 heteroatoms. The van der Waals surface area contributed by atoms with Gasteiger partial charge in [0.05, 0.1) is 18.0 Å². The Morgan fingerprint density at radius 1 is 1.26 bits per heavy atom. The van der Waals surface area contributed by atoms with Crippen molar-refractivity contribution in [2.24, 2.45) is 0 Å². The van der Waals surface area contributed by atoms with Gasteiger partial charge in [-0.25, -0.2) is 8.42 Å². The summed E-state index contributed by atoms with van der Waals surface area (Å²) < 4.78 is 25.4. The highest BCUT2D eigenvalue weighted by molar-refractivity contribution is 7.92. The summed E-state index contributed by atoms with van der Waals surface area (Å²) in [4.78, 5) is 2.31. The van der Waals surface area contributed by atoms with Gasteiger partial charge in [-0.1, -0.05) is 18.6 Å². The fraction of sp³-hybridized carbons (Fsp3) is 0.647. The Labute approximate surface area is 139 Å². The SMILES string of the molecule is C[C@@H]1Cc2cc([C@H](O)CN3CCCCC3)ccc2N1S(C)(=O)=O. The highest BCUT2D eigenvalue weighted by atomic mass is 32.2. The van der Waals surface area contributed by atoms with Gasteiger partial charge in [0, 0.05) is 12.6 Å². The third kappa shape index (κ3) is 3.54. The lowest BCUT2D eigenvalue weighted by Crippen LogP contribution is -2.34. The molecule has 0 bridgehead atoms. The van der Waals surface area contributed by atoms with E-state index in [1.54, 1.807) is 0 Å². The highest BCUT2D eigenvalue weighted by Gasteiger charge is 2.32. The van der Waals surface area contributed by atoms with Crippen LogP contribution in [0.5, 0.6) is 0 Å². The number of sulfonamides is 1. The molecule has 1 fully saturated rings. The first-order valence-corrected chi connectivity index (χ1v) is 10.2. The second kappa shape index (κ2) is 6.42. The predicted molar refractivity (Wildman–Crippen MR) is 92.2 cm³/mol. The largest absolute Gasteiger partial charge is 0.387 e. The second-order valence-corrected chi connectivity index (χ2v) is 8.74. The molecule has 0 unspecified atom stereocenters. The molecule has 128 valence electrons. The molecule has 0 spiro atoms. The molecule has 0 amide bonds. The number of anilines is 1. The summed E-state index contributed by atoms with van der Waals surface area (Å²) >= 11 is 0. The maximum Gasteiger partial charge on any atom is 0.232 e. The summed E-state index contributed by atoms with van der Waals surface area (Å²) in [7, 11) is -3.26. The van der Waals surface area contributed by atoms with E-state index >= 15 is 0 Å². The first-order valence-electron chi connectivity index (χ1n) is 8.39. The summed E-state index contributed by atoms with van der Waals surface area (Å²) in [6, 6.07) is 5.62. The Kier molecular flexibility index (Phi) is 4.67. The maximum atomic E-state index is 12.0. The lowest BCUT2D eigenvalue weighted by atomic mass is 10.0. The topological polar surface area (TPSA) is 60.9 Å². The van der Waals surface area contributed by atoms with Crippen LogP contribution < -0.4 is 4.31 Å². The Bertz CT molecular complexity index is 668. The monoisotopic (exact) mass is 338 g/mol. The van der Waals surface area contributed by atoms with Gasteiger partial charge in [-0.05, 0) is 56.5 Å². The number of likely N-dealkylation sites (tertiary alicyclic amines) is 1. The van der Waals surface area contributed by atoms with Crippen molar-refractivity contribution in [3.8, 4) is 0 Å². The second-order valence-electron chi connectivity index (χ2n) is 6.88. The van der Waals surface area contributed by atoms with E-state index in [0.29, 0.717) is 13.0 Å². The zero-order valence-corrected chi connectivity index (χ0v) is 14.7. The lowest BCUT2D eigenvalue weighted by Gasteiger charge is -2.28. The average molecular weight is 338 g/mol. The number of benzene rings is 1. The van der Waals surface area contributed by atoms with Crippen LogP contribution in [0.15, 0.2) is 18.2 Å². The Morgan fingerprint density at radius 2 is 1.96 bits per heavy atom. The molecule has 0 aliphatic carbocycles. The van der Waals surface area contributed by atoms with E-state index in [1.165, 1.54) is 29.8 Å². The number of nitrogens with zero attached hydrogens (tertiary/aromatic N) is 2. The maximum absolute atomic E-state index is 12.0. The normalized spacial score (nSPS) is 23.8. The molecule has 3 rings (SSSR count). The van der Waals surface area contributed by atoms with Crippen molar-refractivity contribution in [1.82, 2.24) is 4.90 Å². The molecule has 2 aliphatic heterocycles. The molecular formula is C17H26N2O3S. The molecule has 0 radical (unpaired) electrons. The summed E-state index contributed by atoms with van der Waals surface area (Å²) in [5, 5.41) is 10.5. The van der Waals surface area contributed by atoms with Gasteiger partial charge in [0.15, 0.2) is 0 Å². The number of hydrogen-bond acceptors (Lipinski definition) is 4. The molecule has 0 saturated carbocycles. The summed E-state index contributed by atoms with van der Waals surface area (Å²) in [6.45, 7) is 4.69. The number of fused-ring (bicyclic) bond motifs is 1. The highest BCUT2D eigenvalue weighted by Crippen LogP contribution is 2.35. The molecular weight excluding hydrogens is 312 g/mol. The molecule has 1 N–H and O–H groups in total. The first-order chi connectivity index (χ1) is 10.9. The summed E-state index contributed by atoms with van der Waals surface area (Å²) in [5.41, 5.74) is 2.66. The third-order valence-corrected chi connectivity index (χ3v) is 6.15. The smallest absolute Gasteiger partial charge is 0.232 e. The van der Waals surface area contributed by atoms with Gasteiger partial charge in [-0.15, -0.1) is 0 Å². The number of aliphatic hydroxyl groups excluding tert-OH is 1. The molecule has 2 atom stereocenters. The van der Waals surface area contributed by atoms with Crippen LogP contribution >= 0.6 is 0 Å². The van der Waals surface area contributed by atoms with Gasteiger partial charge in [0.2, 0.25) is 10.0 Å². The van der Waals surface area contributed by atoms with Crippen molar-refractivity contribution >= 4 is 15.7 Å². The Morgan fingerprint density at radius 3 is 2.61 bits per heavy atom. The molecule has 1 aromatic rings. The minimum Gasteiger partial charge on any atom is -0.387 e. The van der Waals surface area contributed by atoms with Gasteiger partial charge >= 0.3 is 0 Å². The van der Waals surface area contributed by atoms with Gasteiger partial charge in [0.1, 0.15) is 0 Å². The van der Waals surface area contributed by atoms with Crippen molar-refractivity contribution in [1.29, 1.82) is 0 Å². The van der Waals surface area contributed by atoms with E-state index in [-0.39, 0.29) is 6.04 Å². The van der Waals surface area contributed by atoms with Crippen molar-refractivity contribution in [3.63, 3.8) is 0 Å². The third-order valence-electron chi connectivity index (χ3n) is 4.88. The van der Waals surface area contributed by atoms with Crippen LogP contribution in [-0.2, 0) is 16.4 Å². The number of β-amino-alcohol motifs (C(OH)–C–C–N with tert-alkyl or cyclic N) is 1. The summed E-state index contributed by atoms with van der Waals surface area (Å²) in [5.74, 6) is 0. The van der Waals surface area contributed by atoms with Crippen LogP contribution in [0.25, 0.3) is 0 Å². The number of rotatable bonds is 4. The molecule has 23 heavy (non-hydrogen) atoms. The first kappa shape index (κ1) is 16.7. The van der Waals surface area contributed by atoms with Crippen molar-refractivity contribution < 1.29 is 13.5 Å². The van der Waals surface area contributed by atoms with E-state index in [2.05, 4.69) is 4.90 Å². The van der Waals surface area contributed by atoms with Crippen LogP contribution in [0.1, 0.15) is 43.4 Å². The van der Waals surface area contributed by atoms with E-state index in [4.69, 9.17) is 0 Å². The van der Waals surface area contributed by atoms with Crippen molar-refractivity contribution in [2.75, 3.05) is 30.2 Å². The van der Waals surface area contributed by atoms with Crippen molar-refractivity contribution in [2.45, 2.75) is 44.8 Å². The van der Waals surface area contributed by atoms with Gasteiger partial charge < -0.3 is 10.0 Å². The predicted octanol–water partition coefficient (Wildman–Crippen LogP) is 1.92. The Balaban J connectivity index is 1.78. The van der Waals surface area contributed by atoms with Gasteiger partial charge in [-0.3, -0.25) is 4.31 Å². The van der Waals surface area contributed by atoms with E-state index in [1.807, 2.05) is 25.1 Å². The minimum atomic E-state index is -3.26. The van der Waals surface area contributed by atoms with Crippen LogP contribution in [0.3, 0.4) is 0 Å². The average Bonchev–Trinajstić information content (AvgIpc) is 2.82. The Hall–Kier alpha value is -1.11. The zero-order chi connectivity index (χ0) is 16.6. The molecule has 1 aromatic carbocycles. The molecule has 1 saturated heterocycles. The van der Waals surface area contributed by atoms with Crippen LogP contribution in [-0.4, -0.2) is 50.4 Å². The van der Waals surface area contributed by atoms with E-state index in [0.717, 1.165) is 29.9 Å². The number of aliphatic hydroxyl groups is 1. The molecule has 2 aliphatic rings. The number of piperidine rings is 1. The van der Waals surface area contributed by atoms with Gasteiger partial charge in [0.25, 0.3) is 0 Å². The standard InChI is InChI=1S/C17H26N2O3S/c1-13-10-15-11-14(6-7-16(15)19(13)23(2,21)22)17(20)12-18-8-4-3-5-9-18/h6-7,11,13,17,20H,3-5,8-10,12H2,1-2H3/t13-,17-/m1/s1. The molecule has 2 heterocycles. The fourth-order valence-corrected chi connectivity index (χ4v) is 5.09. The van der Waals surface area contributed by atoms with Crippen LogP contribution in [0.2, 0.25) is 0 Å². The van der Waals surface area contributed by atoms with E-state index < -0.39 is 16.1 Å². The van der Waals surface area contributed by atoms with Crippen molar-refractivity contribution in [3.05, 3.63) is 29.3 Å². The van der Waals surface area contributed by atoms with E-state index in [9.17, 15) is 13.5 Å². The lowest BCUT2D eigenvalue weighted by molar-refractivity contribution is 0.101. The molecule has 0 aromatic heterocycles. The summed E-state index contributed by atoms with van der Waals surface area (Å²) in [6.07, 6.45) is 5.13. The minimum absolute atomic E-state index is 0.0607. The van der Waals surface area contributed by atoms with Crippen LogP contribution in [0, 0.1) is 0 Å². The van der Waals surface area contributed by atoms with Crippen LogP contribution in [0.4, 0.5) is 5.69 Å². The molecule has 5 nitrogen and oxygen atoms in total.